The van der Waals surface area contributed by atoms with Gasteiger partial charge in [-0.25, -0.2) is 4.79 Å². The van der Waals surface area contributed by atoms with Gasteiger partial charge in [-0.05, 0) is 26.3 Å². The van der Waals surface area contributed by atoms with Crippen LogP contribution >= 0.6 is 12.4 Å². The Morgan fingerprint density at radius 3 is 2.58 bits per heavy atom. The van der Waals surface area contributed by atoms with E-state index in [9.17, 15) is 9.59 Å². The monoisotopic (exact) mass is 380 g/mol. The van der Waals surface area contributed by atoms with Gasteiger partial charge in [0.15, 0.2) is 5.54 Å². The maximum absolute atomic E-state index is 12.2. The standard InChI is InChI=1S/C18H24N4O3.ClH/c1-4-25-17(24)18(2,3)22-12-14(11-20-22)21-16(23)10-15(19)13-8-6-5-7-9-13;/h5-9,11-12,15H,4,10,19H2,1-3H3,(H,21,23);1H. The molecule has 0 bridgehead atoms. The van der Waals surface area contributed by atoms with E-state index in [1.807, 2.05) is 30.3 Å². The van der Waals surface area contributed by atoms with Crippen LogP contribution in [0.15, 0.2) is 42.7 Å². The van der Waals surface area contributed by atoms with Crippen molar-refractivity contribution < 1.29 is 14.3 Å². The topological polar surface area (TPSA) is 99.2 Å². The molecule has 0 aliphatic carbocycles. The second-order valence-corrected chi connectivity index (χ2v) is 6.22. The van der Waals surface area contributed by atoms with Crippen LogP contribution in [0.5, 0.6) is 0 Å². The third-order valence-electron chi connectivity index (χ3n) is 3.85. The first-order valence-corrected chi connectivity index (χ1v) is 8.17. The highest BCUT2D eigenvalue weighted by Crippen LogP contribution is 2.20. The first-order valence-electron chi connectivity index (χ1n) is 8.17. The molecule has 1 heterocycles. The Morgan fingerprint density at radius 1 is 1.31 bits per heavy atom. The molecule has 1 aromatic carbocycles. The van der Waals surface area contributed by atoms with E-state index in [1.165, 1.54) is 10.9 Å². The van der Waals surface area contributed by atoms with Crippen LogP contribution in [-0.2, 0) is 19.9 Å². The summed E-state index contributed by atoms with van der Waals surface area (Å²) in [5.41, 5.74) is 6.50. The highest BCUT2D eigenvalue weighted by molar-refractivity contribution is 5.91. The number of amides is 1. The number of benzene rings is 1. The smallest absolute Gasteiger partial charge is 0.333 e. The average molecular weight is 381 g/mol. The molecule has 0 fully saturated rings. The lowest BCUT2D eigenvalue weighted by molar-refractivity contribution is -0.152. The third kappa shape index (κ3) is 5.31. The van der Waals surface area contributed by atoms with Crippen LogP contribution in [0.1, 0.15) is 38.8 Å². The SMILES string of the molecule is CCOC(=O)C(C)(C)n1cc(NC(=O)CC(N)c2ccccc2)cn1.Cl. The van der Waals surface area contributed by atoms with Crippen LogP contribution < -0.4 is 11.1 Å². The van der Waals surface area contributed by atoms with Gasteiger partial charge in [0.25, 0.3) is 0 Å². The van der Waals surface area contributed by atoms with Crippen molar-refractivity contribution in [1.29, 1.82) is 0 Å². The quantitative estimate of drug-likeness (QED) is 0.719. The van der Waals surface area contributed by atoms with Gasteiger partial charge < -0.3 is 15.8 Å². The van der Waals surface area contributed by atoms with Crippen molar-refractivity contribution in [3.05, 3.63) is 48.3 Å². The summed E-state index contributed by atoms with van der Waals surface area (Å²) in [6, 6.07) is 9.06. The number of esters is 1. The molecule has 26 heavy (non-hydrogen) atoms. The molecule has 1 aromatic heterocycles. The van der Waals surface area contributed by atoms with Crippen molar-refractivity contribution in [2.24, 2.45) is 5.73 Å². The van der Waals surface area contributed by atoms with E-state index < -0.39 is 5.54 Å². The lowest BCUT2D eigenvalue weighted by atomic mass is 10.0. The number of anilines is 1. The molecule has 8 heteroatoms. The Bertz CT molecular complexity index is 731. The van der Waals surface area contributed by atoms with E-state index in [0.717, 1.165) is 5.56 Å². The molecule has 1 amide bonds. The zero-order valence-corrected chi connectivity index (χ0v) is 16.0. The van der Waals surface area contributed by atoms with Gasteiger partial charge in [-0.3, -0.25) is 9.48 Å². The number of halogens is 1. The first kappa shape index (κ1) is 21.7. The van der Waals surface area contributed by atoms with E-state index >= 15 is 0 Å². The second kappa shape index (κ2) is 9.35. The highest BCUT2D eigenvalue weighted by atomic mass is 35.5. The van der Waals surface area contributed by atoms with E-state index in [2.05, 4.69) is 10.4 Å². The maximum atomic E-state index is 12.2. The Morgan fingerprint density at radius 2 is 1.96 bits per heavy atom. The number of nitrogens with zero attached hydrogens (tertiary/aromatic N) is 2. The molecule has 7 nitrogen and oxygen atoms in total. The number of nitrogens with one attached hydrogen (secondary N) is 1. The fourth-order valence-electron chi connectivity index (χ4n) is 2.32. The number of nitrogens with two attached hydrogens (primary N) is 1. The summed E-state index contributed by atoms with van der Waals surface area (Å²) >= 11 is 0. The summed E-state index contributed by atoms with van der Waals surface area (Å²) in [4.78, 5) is 24.2. The minimum atomic E-state index is -0.959. The predicted octanol–water partition coefficient (Wildman–Crippen LogP) is 2.63. The van der Waals surface area contributed by atoms with Gasteiger partial charge in [-0.1, -0.05) is 30.3 Å². The third-order valence-corrected chi connectivity index (χ3v) is 3.85. The summed E-state index contributed by atoms with van der Waals surface area (Å²) in [5, 5.41) is 6.90. The Kier molecular flexibility index (Phi) is 7.79. The van der Waals surface area contributed by atoms with Crippen LogP contribution in [0.4, 0.5) is 5.69 Å². The molecular formula is C18H25ClN4O3. The zero-order chi connectivity index (χ0) is 18.4. The number of hydrogen-bond acceptors (Lipinski definition) is 5. The van der Waals surface area contributed by atoms with Crippen molar-refractivity contribution in [2.75, 3.05) is 11.9 Å². The molecule has 0 aliphatic rings. The molecule has 0 spiro atoms. The van der Waals surface area contributed by atoms with Gasteiger partial charge in [0.05, 0.1) is 18.5 Å². The summed E-state index contributed by atoms with van der Waals surface area (Å²) in [6.45, 7) is 5.45. The minimum Gasteiger partial charge on any atom is -0.464 e. The van der Waals surface area contributed by atoms with Crippen molar-refractivity contribution in [1.82, 2.24) is 9.78 Å². The molecule has 1 unspecified atom stereocenters. The van der Waals surface area contributed by atoms with Gasteiger partial charge in [0, 0.05) is 18.7 Å². The Balaban J connectivity index is 0.00000338. The van der Waals surface area contributed by atoms with Crippen molar-refractivity contribution in [3.8, 4) is 0 Å². The number of rotatable bonds is 7. The molecule has 2 aromatic rings. The fourth-order valence-corrected chi connectivity index (χ4v) is 2.32. The maximum Gasteiger partial charge on any atom is 0.333 e. The largest absolute Gasteiger partial charge is 0.464 e. The normalized spacial score (nSPS) is 12.0. The van der Waals surface area contributed by atoms with Gasteiger partial charge >= 0.3 is 5.97 Å². The lowest BCUT2D eigenvalue weighted by Crippen LogP contribution is -2.37. The number of carbonyl (C=O) groups is 2. The van der Waals surface area contributed by atoms with Gasteiger partial charge in [-0.15, -0.1) is 12.4 Å². The predicted molar refractivity (Wildman–Crippen MR) is 102 cm³/mol. The van der Waals surface area contributed by atoms with Crippen LogP contribution in [0.25, 0.3) is 0 Å². The average Bonchev–Trinajstić information content (AvgIpc) is 3.05. The number of aromatic nitrogens is 2. The number of ether oxygens (including phenoxy) is 1. The summed E-state index contributed by atoms with van der Waals surface area (Å²) < 4.78 is 6.52. The summed E-state index contributed by atoms with van der Waals surface area (Å²) in [5.74, 6) is -0.605. The van der Waals surface area contributed by atoms with Gasteiger partial charge in [0.1, 0.15) is 0 Å². The van der Waals surface area contributed by atoms with Crippen molar-refractivity contribution in [3.63, 3.8) is 0 Å². The molecule has 2 rings (SSSR count). The van der Waals surface area contributed by atoms with Gasteiger partial charge in [-0.2, -0.15) is 5.10 Å². The fraction of sp³-hybridized carbons (Fsp3) is 0.389. The molecule has 3 N–H and O–H groups in total. The summed E-state index contributed by atoms with van der Waals surface area (Å²) in [6.07, 6.45) is 3.24. The first-order chi connectivity index (χ1) is 11.8. The Labute approximate surface area is 159 Å². The van der Waals surface area contributed by atoms with Crippen LogP contribution in [-0.4, -0.2) is 28.3 Å². The van der Waals surface area contributed by atoms with E-state index in [1.54, 1.807) is 27.0 Å². The number of hydrogen-bond donors (Lipinski definition) is 2. The van der Waals surface area contributed by atoms with Gasteiger partial charge in [0.2, 0.25) is 5.91 Å². The van der Waals surface area contributed by atoms with E-state index in [4.69, 9.17) is 10.5 Å². The molecule has 0 saturated carbocycles. The molecular weight excluding hydrogens is 356 g/mol. The second-order valence-electron chi connectivity index (χ2n) is 6.22. The molecule has 0 saturated heterocycles. The molecule has 142 valence electrons. The zero-order valence-electron chi connectivity index (χ0n) is 15.1. The van der Waals surface area contributed by atoms with E-state index in [0.29, 0.717) is 12.3 Å². The number of carbonyl (C=O) groups excluding carboxylic acids is 2. The molecule has 0 radical (unpaired) electrons. The lowest BCUT2D eigenvalue weighted by Gasteiger charge is -2.22. The molecule has 1 atom stereocenters. The summed E-state index contributed by atoms with van der Waals surface area (Å²) in [7, 11) is 0. The van der Waals surface area contributed by atoms with Crippen LogP contribution in [0, 0.1) is 0 Å². The highest BCUT2D eigenvalue weighted by Gasteiger charge is 2.32. The van der Waals surface area contributed by atoms with E-state index in [-0.39, 0.29) is 36.7 Å². The van der Waals surface area contributed by atoms with Crippen LogP contribution in [0.3, 0.4) is 0 Å². The Hall–Kier alpha value is -2.38. The minimum absolute atomic E-state index is 0. The van der Waals surface area contributed by atoms with Crippen LogP contribution in [0.2, 0.25) is 0 Å². The van der Waals surface area contributed by atoms with Crippen molar-refractivity contribution in [2.45, 2.75) is 38.8 Å². The molecule has 0 aliphatic heterocycles. The van der Waals surface area contributed by atoms with Crippen molar-refractivity contribution >= 4 is 30.0 Å².